The molecule has 1 aromatic rings. The van der Waals surface area contributed by atoms with Gasteiger partial charge in [-0.15, -0.1) is 0 Å². The molecule has 1 aromatic heterocycles. The molecular weight excluding hydrogens is 302 g/mol. The third-order valence-corrected chi connectivity index (χ3v) is 4.70. The summed E-state index contributed by atoms with van der Waals surface area (Å²) in [4.78, 5) is 7.79. The fourth-order valence-electron chi connectivity index (χ4n) is 2.22. The molecule has 2 rings (SSSR count). The zero-order valence-electron chi connectivity index (χ0n) is 11.8. The molecule has 0 unspecified atom stereocenters. The van der Waals surface area contributed by atoms with Crippen LogP contribution in [0.2, 0.25) is 0 Å². The minimum Gasteiger partial charge on any atom is -0.239 e. The number of aromatic nitrogens is 2. The Bertz CT molecular complexity index is 603. The van der Waals surface area contributed by atoms with Gasteiger partial charge in [0.25, 0.3) is 16.6 Å². The number of alkyl halides is 2. The molecule has 1 saturated carbocycles. The third-order valence-electron chi connectivity index (χ3n) is 3.26. The molecule has 6 nitrogen and oxygen atoms in total. The van der Waals surface area contributed by atoms with Crippen LogP contribution in [0.1, 0.15) is 51.1 Å². The van der Waals surface area contributed by atoms with Gasteiger partial charge in [-0.3, -0.25) is 0 Å². The highest BCUT2D eigenvalue weighted by Crippen LogP contribution is 2.40. The highest BCUT2D eigenvalue weighted by Gasteiger charge is 2.45. The van der Waals surface area contributed by atoms with Crippen LogP contribution in [0, 0.1) is 0 Å². The van der Waals surface area contributed by atoms with Crippen molar-refractivity contribution in [3.63, 3.8) is 0 Å². The minimum absolute atomic E-state index is 0.0979. The zero-order chi connectivity index (χ0) is 15.7. The summed E-state index contributed by atoms with van der Waals surface area (Å²) in [6.07, 6.45) is 0.270. The van der Waals surface area contributed by atoms with E-state index in [1.165, 1.54) is 6.20 Å². The monoisotopic (exact) mass is 320 g/mol. The molecule has 0 bridgehead atoms. The van der Waals surface area contributed by atoms with Gasteiger partial charge in [0.15, 0.2) is 0 Å². The quantitative estimate of drug-likeness (QED) is 0.834. The summed E-state index contributed by atoms with van der Waals surface area (Å²) >= 11 is 0. The van der Waals surface area contributed by atoms with E-state index in [1.54, 1.807) is 13.8 Å². The number of hydrogen-bond donors (Lipinski definition) is 2. The smallest absolute Gasteiger partial charge is 0.239 e. The Kier molecular flexibility index (Phi) is 4.54. The van der Waals surface area contributed by atoms with Crippen LogP contribution >= 0.6 is 0 Å². The maximum atomic E-state index is 12.7. The van der Waals surface area contributed by atoms with E-state index in [4.69, 9.17) is 0 Å². The molecule has 0 aliphatic heterocycles. The normalized spacial score (nSPS) is 18.0. The SMILES string of the molecule is CC(C)NS(=O)(=O)NC1(c2nccc(C(F)F)n2)CCC1. The molecule has 1 fully saturated rings. The molecule has 118 valence electrons. The Labute approximate surface area is 122 Å². The molecule has 0 radical (unpaired) electrons. The van der Waals surface area contributed by atoms with Crippen molar-refractivity contribution in [3.05, 3.63) is 23.8 Å². The number of hydrogen-bond acceptors (Lipinski definition) is 4. The Morgan fingerprint density at radius 3 is 2.48 bits per heavy atom. The van der Waals surface area contributed by atoms with Crippen LogP contribution in [-0.4, -0.2) is 24.4 Å². The van der Waals surface area contributed by atoms with Crippen LogP contribution in [0.5, 0.6) is 0 Å². The first kappa shape index (κ1) is 16.2. The standard InChI is InChI=1S/C12H18F2N4O2S/c1-8(2)17-21(19,20)18-12(5-3-6-12)11-15-7-4-9(16-11)10(13)14/h4,7-8,10,17-18H,3,5-6H2,1-2H3. The van der Waals surface area contributed by atoms with Crippen LogP contribution in [0.15, 0.2) is 12.3 Å². The molecule has 0 spiro atoms. The van der Waals surface area contributed by atoms with Crippen LogP contribution in [0.25, 0.3) is 0 Å². The first-order valence-electron chi connectivity index (χ1n) is 6.67. The fourth-order valence-corrected chi connectivity index (χ4v) is 3.71. The first-order valence-corrected chi connectivity index (χ1v) is 8.15. The predicted octanol–water partition coefficient (Wildman–Crippen LogP) is 1.63. The molecule has 1 aliphatic carbocycles. The molecule has 1 heterocycles. The fraction of sp³-hybridized carbons (Fsp3) is 0.667. The second-order valence-corrected chi connectivity index (χ2v) is 6.87. The third kappa shape index (κ3) is 3.72. The minimum atomic E-state index is -3.75. The summed E-state index contributed by atoms with van der Waals surface area (Å²) in [5.41, 5.74) is -1.40. The Balaban J connectivity index is 2.28. The molecule has 2 N–H and O–H groups in total. The van der Waals surface area contributed by atoms with E-state index in [9.17, 15) is 17.2 Å². The molecule has 0 saturated heterocycles. The second-order valence-electron chi connectivity index (χ2n) is 5.42. The maximum absolute atomic E-state index is 12.7. The van der Waals surface area contributed by atoms with E-state index in [-0.39, 0.29) is 11.9 Å². The van der Waals surface area contributed by atoms with Gasteiger partial charge < -0.3 is 0 Å². The molecule has 1 aliphatic rings. The Hall–Kier alpha value is -1.19. The Morgan fingerprint density at radius 2 is 2.00 bits per heavy atom. The van der Waals surface area contributed by atoms with Crippen molar-refractivity contribution in [2.45, 2.75) is 51.1 Å². The number of nitrogens with zero attached hydrogens (tertiary/aromatic N) is 2. The zero-order valence-corrected chi connectivity index (χ0v) is 12.6. The van der Waals surface area contributed by atoms with Gasteiger partial charge in [0.1, 0.15) is 11.5 Å². The summed E-state index contributed by atoms with van der Waals surface area (Å²) in [5, 5.41) is 0. The lowest BCUT2D eigenvalue weighted by molar-refractivity contribution is 0.142. The van der Waals surface area contributed by atoms with Crippen LogP contribution in [0.4, 0.5) is 8.78 Å². The van der Waals surface area contributed by atoms with Crippen LogP contribution in [-0.2, 0) is 15.7 Å². The maximum Gasteiger partial charge on any atom is 0.280 e. The van der Waals surface area contributed by atoms with E-state index < -0.39 is 27.9 Å². The van der Waals surface area contributed by atoms with Crippen LogP contribution < -0.4 is 9.44 Å². The average molecular weight is 320 g/mol. The van der Waals surface area contributed by atoms with Crippen molar-refractivity contribution in [2.75, 3.05) is 0 Å². The summed E-state index contributed by atoms with van der Waals surface area (Å²) in [6.45, 7) is 3.39. The van der Waals surface area contributed by atoms with Crippen molar-refractivity contribution in [1.82, 2.24) is 19.4 Å². The highest BCUT2D eigenvalue weighted by molar-refractivity contribution is 7.87. The molecule has 0 aromatic carbocycles. The van der Waals surface area contributed by atoms with Crippen molar-refractivity contribution in [2.24, 2.45) is 0 Å². The average Bonchev–Trinajstić information content (AvgIpc) is 2.32. The van der Waals surface area contributed by atoms with Gasteiger partial charge in [-0.25, -0.2) is 18.7 Å². The van der Waals surface area contributed by atoms with Crippen molar-refractivity contribution < 1.29 is 17.2 Å². The number of rotatable bonds is 6. The molecular formula is C12H18F2N4O2S. The number of nitrogens with one attached hydrogen (secondary N) is 2. The molecule has 0 atom stereocenters. The summed E-state index contributed by atoms with van der Waals surface area (Å²) in [7, 11) is -3.75. The topological polar surface area (TPSA) is 84.0 Å². The lowest BCUT2D eigenvalue weighted by Crippen LogP contribution is -2.55. The van der Waals surface area contributed by atoms with E-state index in [1.807, 2.05) is 0 Å². The first-order chi connectivity index (χ1) is 9.74. The highest BCUT2D eigenvalue weighted by atomic mass is 32.2. The van der Waals surface area contributed by atoms with Crippen molar-refractivity contribution in [1.29, 1.82) is 0 Å². The van der Waals surface area contributed by atoms with E-state index in [0.29, 0.717) is 12.8 Å². The van der Waals surface area contributed by atoms with E-state index >= 15 is 0 Å². The van der Waals surface area contributed by atoms with Gasteiger partial charge in [0.05, 0.1) is 5.54 Å². The lowest BCUT2D eigenvalue weighted by atomic mass is 9.77. The lowest BCUT2D eigenvalue weighted by Gasteiger charge is -2.40. The summed E-state index contributed by atoms with van der Waals surface area (Å²) in [6, 6.07) is 0.856. The molecule has 21 heavy (non-hydrogen) atoms. The van der Waals surface area contributed by atoms with Gasteiger partial charge in [0, 0.05) is 12.2 Å². The molecule has 0 amide bonds. The second kappa shape index (κ2) is 5.90. The summed E-state index contributed by atoms with van der Waals surface area (Å²) < 4.78 is 54.4. The van der Waals surface area contributed by atoms with E-state index in [2.05, 4.69) is 19.4 Å². The van der Waals surface area contributed by atoms with Gasteiger partial charge in [-0.05, 0) is 39.2 Å². The molecule has 9 heteroatoms. The van der Waals surface area contributed by atoms with Crippen molar-refractivity contribution in [3.8, 4) is 0 Å². The van der Waals surface area contributed by atoms with Gasteiger partial charge in [-0.1, -0.05) is 0 Å². The Morgan fingerprint density at radius 1 is 1.33 bits per heavy atom. The van der Waals surface area contributed by atoms with Crippen molar-refractivity contribution >= 4 is 10.2 Å². The van der Waals surface area contributed by atoms with Gasteiger partial charge in [0.2, 0.25) is 0 Å². The van der Waals surface area contributed by atoms with Crippen LogP contribution in [0.3, 0.4) is 0 Å². The van der Waals surface area contributed by atoms with Gasteiger partial charge in [-0.2, -0.15) is 17.9 Å². The predicted molar refractivity (Wildman–Crippen MR) is 72.8 cm³/mol. The largest absolute Gasteiger partial charge is 0.280 e. The van der Waals surface area contributed by atoms with E-state index in [0.717, 1.165) is 12.5 Å². The number of halogens is 2. The summed E-state index contributed by atoms with van der Waals surface area (Å²) in [5.74, 6) is 0.0979. The van der Waals surface area contributed by atoms with Gasteiger partial charge >= 0.3 is 0 Å².